The highest BCUT2D eigenvalue weighted by Crippen LogP contribution is 2.19. The van der Waals surface area contributed by atoms with Crippen molar-refractivity contribution in [3.05, 3.63) is 65.9 Å². The third-order valence-electron chi connectivity index (χ3n) is 5.55. The molecule has 3 aromatic rings. The van der Waals surface area contributed by atoms with E-state index in [4.69, 9.17) is 4.74 Å². The smallest absolute Gasteiger partial charge is 0.253 e. The lowest BCUT2D eigenvalue weighted by molar-refractivity contribution is 0.0746. The molecule has 3 heterocycles. The molecular weight excluding hydrogens is 416 g/mol. The Bertz CT molecular complexity index is 1050. The fourth-order valence-electron chi connectivity index (χ4n) is 3.65. The van der Waals surface area contributed by atoms with Crippen molar-refractivity contribution in [1.82, 2.24) is 20.1 Å². The summed E-state index contributed by atoms with van der Waals surface area (Å²) in [5.74, 6) is 3.04. The van der Waals surface area contributed by atoms with E-state index in [-0.39, 0.29) is 5.91 Å². The van der Waals surface area contributed by atoms with Crippen LogP contribution in [0.4, 0.5) is 17.5 Å². The molecular formula is C25H30N6O2. The number of nitrogens with one attached hydrogen (secondary N) is 1. The highest BCUT2D eigenvalue weighted by molar-refractivity contribution is 5.94. The zero-order valence-corrected chi connectivity index (χ0v) is 19.2. The summed E-state index contributed by atoms with van der Waals surface area (Å²) in [6.45, 7) is 7.49. The largest absolute Gasteiger partial charge is 0.494 e. The second-order valence-electron chi connectivity index (χ2n) is 8.07. The molecule has 1 aromatic carbocycles. The maximum absolute atomic E-state index is 12.9. The van der Waals surface area contributed by atoms with Gasteiger partial charge in [-0.3, -0.25) is 4.79 Å². The molecule has 0 spiro atoms. The predicted molar refractivity (Wildman–Crippen MR) is 129 cm³/mol. The van der Waals surface area contributed by atoms with Gasteiger partial charge in [-0.15, -0.1) is 10.2 Å². The zero-order chi connectivity index (χ0) is 23.0. The number of nitrogens with zero attached hydrogens (tertiary/aromatic N) is 5. The van der Waals surface area contributed by atoms with Crippen LogP contribution in [-0.2, 0) is 0 Å². The summed E-state index contributed by atoms with van der Waals surface area (Å²) in [7, 11) is 0. The van der Waals surface area contributed by atoms with E-state index in [9.17, 15) is 4.79 Å². The van der Waals surface area contributed by atoms with Gasteiger partial charge in [-0.05, 0) is 61.9 Å². The summed E-state index contributed by atoms with van der Waals surface area (Å²) in [4.78, 5) is 21.3. The van der Waals surface area contributed by atoms with Gasteiger partial charge in [0.15, 0.2) is 11.6 Å². The first-order valence-electron chi connectivity index (χ1n) is 11.4. The van der Waals surface area contributed by atoms with E-state index < -0.39 is 0 Å². The van der Waals surface area contributed by atoms with Gasteiger partial charge < -0.3 is 19.9 Å². The van der Waals surface area contributed by atoms with Crippen LogP contribution in [0, 0.1) is 6.92 Å². The number of carbonyl (C=O) groups excluding carboxylic acids is 1. The van der Waals surface area contributed by atoms with E-state index >= 15 is 0 Å². The van der Waals surface area contributed by atoms with Gasteiger partial charge >= 0.3 is 0 Å². The Kier molecular flexibility index (Phi) is 7.34. The fraction of sp³-hybridized carbons (Fsp3) is 0.360. The normalized spacial score (nSPS) is 13.6. The van der Waals surface area contributed by atoms with Crippen molar-refractivity contribution in [2.24, 2.45) is 0 Å². The summed E-state index contributed by atoms with van der Waals surface area (Å²) in [5.41, 5.74) is 1.62. The number of pyridine rings is 1. The first kappa shape index (κ1) is 22.5. The molecule has 0 atom stereocenters. The average Bonchev–Trinajstić information content (AvgIpc) is 2.85. The minimum atomic E-state index is 0.0473. The number of amides is 1. The molecule has 33 heavy (non-hydrogen) atoms. The van der Waals surface area contributed by atoms with Crippen LogP contribution in [0.2, 0.25) is 0 Å². The van der Waals surface area contributed by atoms with Gasteiger partial charge in [0.05, 0.1) is 6.61 Å². The molecule has 2 aromatic heterocycles. The minimum Gasteiger partial charge on any atom is -0.494 e. The molecule has 1 N–H and O–H groups in total. The number of piperazine rings is 1. The fourth-order valence-corrected chi connectivity index (χ4v) is 3.65. The van der Waals surface area contributed by atoms with Crippen LogP contribution in [0.3, 0.4) is 0 Å². The summed E-state index contributed by atoms with van der Waals surface area (Å²) >= 11 is 0. The number of anilines is 3. The van der Waals surface area contributed by atoms with Crippen molar-refractivity contribution in [3.8, 4) is 5.75 Å². The lowest BCUT2D eigenvalue weighted by Gasteiger charge is -2.35. The number of ether oxygens (including phenoxy) is 1. The number of hydrogen-bond acceptors (Lipinski definition) is 7. The maximum Gasteiger partial charge on any atom is 0.253 e. The van der Waals surface area contributed by atoms with E-state index in [1.165, 1.54) is 0 Å². The number of unbranched alkanes of at least 4 members (excludes halogenated alkanes) is 1. The van der Waals surface area contributed by atoms with Crippen LogP contribution in [0.25, 0.3) is 0 Å². The number of carbonyl (C=O) groups is 1. The maximum atomic E-state index is 12.9. The van der Waals surface area contributed by atoms with Gasteiger partial charge in [0.2, 0.25) is 0 Å². The Morgan fingerprint density at radius 1 is 0.970 bits per heavy atom. The topological polar surface area (TPSA) is 83.5 Å². The molecule has 0 saturated carbocycles. The minimum absolute atomic E-state index is 0.0473. The number of benzene rings is 1. The van der Waals surface area contributed by atoms with E-state index in [2.05, 4.69) is 32.3 Å². The Morgan fingerprint density at radius 3 is 2.42 bits per heavy atom. The first-order valence-corrected chi connectivity index (χ1v) is 11.4. The molecule has 1 saturated heterocycles. The Hall–Kier alpha value is -3.68. The van der Waals surface area contributed by atoms with Gasteiger partial charge in [0.1, 0.15) is 11.6 Å². The van der Waals surface area contributed by atoms with Crippen LogP contribution in [-0.4, -0.2) is 58.8 Å². The molecule has 1 amide bonds. The highest BCUT2D eigenvalue weighted by atomic mass is 16.5. The predicted octanol–water partition coefficient (Wildman–Crippen LogP) is 4.06. The van der Waals surface area contributed by atoms with Gasteiger partial charge in [0, 0.05) is 37.4 Å². The number of aromatic nitrogens is 3. The number of rotatable bonds is 8. The van der Waals surface area contributed by atoms with Crippen LogP contribution in [0.5, 0.6) is 5.75 Å². The molecule has 0 radical (unpaired) electrons. The summed E-state index contributed by atoms with van der Waals surface area (Å²) in [6, 6.07) is 17.1. The molecule has 0 aliphatic carbocycles. The van der Waals surface area contributed by atoms with E-state index in [0.717, 1.165) is 35.9 Å². The van der Waals surface area contributed by atoms with Crippen molar-refractivity contribution < 1.29 is 9.53 Å². The van der Waals surface area contributed by atoms with Gasteiger partial charge in [-0.2, -0.15) is 0 Å². The average molecular weight is 447 g/mol. The second-order valence-corrected chi connectivity index (χ2v) is 8.07. The summed E-state index contributed by atoms with van der Waals surface area (Å²) in [6.07, 6.45) is 2.12. The van der Waals surface area contributed by atoms with Gasteiger partial charge in [-0.25, -0.2) is 4.98 Å². The summed E-state index contributed by atoms with van der Waals surface area (Å²) in [5, 5.41) is 11.8. The molecule has 0 unspecified atom stereocenters. The Labute approximate surface area is 194 Å². The van der Waals surface area contributed by atoms with Crippen LogP contribution < -0.4 is 15.0 Å². The van der Waals surface area contributed by atoms with Crippen molar-refractivity contribution in [2.75, 3.05) is 43.0 Å². The van der Waals surface area contributed by atoms with E-state index in [0.29, 0.717) is 44.2 Å². The zero-order valence-electron chi connectivity index (χ0n) is 19.2. The molecule has 1 aliphatic rings. The lowest BCUT2D eigenvalue weighted by Crippen LogP contribution is -2.49. The monoisotopic (exact) mass is 446 g/mol. The van der Waals surface area contributed by atoms with E-state index in [1.807, 2.05) is 66.4 Å². The summed E-state index contributed by atoms with van der Waals surface area (Å²) < 4.78 is 5.68. The second kappa shape index (κ2) is 10.8. The van der Waals surface area contributed by atoms with Crippen molar-refractivity contribution >= 4 is 23.4 Å². The van der Waals surface area contributed by atoms with Gasteiger partial charge in [-0.1, -0.05) is 19.4 Å². The third kappa shape index (κ3) is 5.97. The van der Waals surface area contributed by atoms with Crippen molar-refractivity contribution in [1.29, 1.82) is 0 Å². The van der Waals surface area contributed by atoms with Crippen molar-refractivity contribution in [3.63, 3.8) is 0 Å². The third-order valence-corrected chi connectivity index (χ3v) is 5.55. The van der Waals surface area contributed by atoms with Crippen LogP contribution in [0.15, 0.2) is 54.6 Å². The molecule has 1 aliphatic heterocycles. The first-order chi connectivity index (χ1) is 16.1. The molecule has 1 fully saturated rings. The standard InChI is InChI=1S/C25H30N6O2/c1-3-4-18-33-21-10-8-20(9-11-21)25(32)31-16-14-30(15-17-31)24-13-12-23(28-29-24)27-22-7-5-6-19(2)26-22/h5-13H,3-4,14-18H2,1-2H3,(H,26,27,28). The van der Waals surface area contributed by atoms with E-state index in [1.54, 1.807) is 0 Å². The van der Waals surface area contributed by atoms with Crippen LogP contribution in [0.1, 0.15) is 35.8 Å². The van der Waals surface area contributed by atoms with Gasteiger partial charge in [0.25, 0.3) is 5.91 Å². The number of hydrogen-bond donors (Lipinski definition) is 1. The molecule has 8 nitrogen and oxygen atoms in total. The SMILES string of the molecule is CCCCOc1ccc(C(=O)N2CCN(c3ccc(Nc4cccc(C)n4)nn3)CC2)cc1. The molecule has 172 valence electrons. The van der Waals surface area contributed by atoms with Crippen molar-refractivity contribution in [2.45, 2.75) is 26.7 Å². The molecule has 4 rings (SSSR count). The number of aryl methyl sites for hydroxylation is 1. The molecule has 8 heteroatoms. The Balaban J connectivity index is 1.29. The van der Waals surface area contributed by atoms with Crippen LogP contribution >= 0.6 is 0 Å². The molecule has 0 bridgehead atoms. The quantitative estimate of drug-likeness (QED) is 0.522. The Morgan fingerprint density at radius 2 is 1.76 bits per heavy atom. The highest BCUT2D eigenvalue weighted by Gasteiger charge is 2.23. The lowest BCUT2D eigenvalue weighted by atomic mass is 10.1.